The van der Waals surface area contributed by atoms with Crippen LogP contribution in [0.25, 0.3) is 0 Å². The first-order valence-corrected chi connectivity index (χ1v) is 5.95. The molecule has 2 N–H and O–H groups in total. The molecular weight excluding hydrogens is 275 g/mol. The number of methoxy groups -OCH3 is 1. The van der Waals surface area contributed by atoms with E-state index in [1.54, 1.807) is 0 Å². The van der Waals surface area contributed by atoms with E-state index in [0.717, 1.165) is 19.2 Å². The topological polar surface area (TPSA) is 86.5 Å². The van der Waals surface area contributed by atoms with E-state index in [-0.39, 0.29) is 0 Å². The van der Waals surface area contributed by atoms with Crippen molar-refractivity contribution >= 4 is 16.0 Å². The number of primary sulfonamides is 1. The van der Waals surface area contributed by atoms with Gasteiger partial charge in [0.1, 0.15) is 4.90 Å². The van der Waals surface area contributed by atoms with Gasteiger partial charge in [-0.1, -0.05) is 6.07 Å². The van der Waals surface area contributed by atoms with Crippen LogP contribution in [0.3, 0.4) is 0 Å². The maximum absolute atomic E-state index is 12.7. The molecule has 0 heterocycles. The summed E-state index contributed by atoms with van der Waals surface area (Å²) in [5.41, 5.74) is -2.26. The predicted molar refractivity (Wildman–Crippen MR) is 54.2 cm³/mol. The maximum Gasteiger partial charge on any atom is 0.417 e. The van der Waals surface area contributed by atoms with Crippen molar-refractivity contribution < 1.29 is 31.1 Å². The maximum atomic E-state index is 12.7. The van der Waals surface area contributed by atoms with E-state index < -0.39 is 38.2 Å². The average molecular weight is 283 g/mol. The fraction of sp³-hybridized carbons (Fsp3) is 0.222. The number of hydrogen-bond acceptors (Lipinski definition) is 4. The highest BCUT2D eigenvalue weighted by molar-refractivity contribution is 7.89. The number of sulfonamides is 1. The van der Waals surface area contributed by atoms with E-state index in [4.69, 9.17) is 5.14 Å². The molecular formula is C9H8F3NO4S. The highest BCUT2D eigenvalue weighted by Crippen LogP contribution is 2.35. The van der Waals surface area contributed by atoms with Gasteiger partial charge in [-0.05, 0) is 12.1 Å². The van der Waals surface area contributed by atoms with Crippen LogP contribution in [-0.2, 0) is 20.9 Å². The lowest BCUT2D eigenvalue weighted by Gasteiger charge is -2.13. The molecule has 0 aromatic heterocycles. The largest absolute Gasteiger partial charge is 0.465 e. The van der Waals surface area contributed by atoms with E-state index in [0.29, 0.717) is 6.07 Å². The van der Waals surface area contributed by atoms with Gasteiger partial charge in [0, 0.05) is 0 Å². The van der Waals surface area contributed by atoms with Gasteiger partial charge in [-0.3, -0.25) is 0 Å². The Kier molecular flexibility index (Phi) is 3.67. The number of benzene rings is 1. The number of rotatable bonds is 2. The number of ether oxygens (including phenoxy) is 1. The molecule has 0 saturated heterocycles. The van der Waals surface area contributed by atoms with E-state index in [1.165, 1.54) is 0 Å². The lowest BCUT2D eigenvalue weighted by atomic mass is 10.1. The molecule has 0 amide bonds. The number of carbonyl (C=O) groups excluding carboxylic acids is 1. The van der Waals surface area contributed by atoms with Crippen molar-refractivity contribution in [3.05, 3.63) is 29.3 Å². The average Bonchev–Trinajstić information content (AvgIpc) is 2.24. The molecule has 18 heavy (non-hydrogen) atoms. The van der Waals surface area contributed by atoms with Gasteiger partial charge in [-0.2, -0.15) is 13.2 Å². The van der Waals surface area contributed by atoms with E-state index >= 15 is 0 Å². The first-order chi connectivity index (χ1) is 8.09. The molecule has 0 atom stereocenters. The van der Waals surface area contributed by atoms with Gasteiger partial charge < -0.3 is 4.74 Å². The second-order valence-electron chi connectivity index (χ2n) is 3.22. The fourth-order valence-corrected chi connectivity index (χ4v) is 2.29. The molecule has 5 nitrogen and oxygen atoms in total. The summed E-state index contributed by atoms with van der Waals surface area (Å²) in [6, 6.07) is 2.30. The van der Waals surface area contributed by atoms with Crippen LogP contribution in [-0.4, -0.2) is 21.5 Å². The van der Waals surface area contributed by atoms with E-state index in [2.05, 4.69) is 4.74 Å². The van der Waals surface area contributed by atoms with Crippen LogP contribution in [0.2, 0.25) is 0 Å². The van der Waals surface area contributed by atoms with Crippen LogP contribution >= 0.6 is 0 Å². The molecule has 0 saturated carbocycles. The lowest BCUT2D eigenvalue weighted by molar-refractivity contribution is -0.139. The van der Waals surface area contributed by atoms with Crippen LogP contribution in [0.15, 0.2) is 23.1 Å². The zero-order chi connectivity index (χ0) is 14.1. The Morgan fingerprint density at radius 1 is 1.33 bits per heavy atom. The quantitative estimate of drug-likeness (QED) is 0.824. The van der Waals surface area contributed by atoms with E-state index in [1.807, 2.05) is 0 Å². The molecule has 0 radical (unpaired) electrons. The zero-order valence-corrected chi connectivity index (χ0v) is 9.80. The number of nitrogens with two attached hydrogens (primary N) is 1. The van der Waals surface area contributed by atoms with Gasteiger partial charge >= 0.3 is 12.1 Å². The van der Waals surface area contributed by atoms with Crippen LogP contribution in [0.1, 0.15) is 15.9 Å². The second-order valence-corrected chi connectivity index (χ2v) is 4.71. The Bertz CT molecular complexity index is 580. The van der Waals surface area contributed by atoms with Crippen LogP contribution in [0.5, 0.6) is 0 Å². The third kappa shape index (κ3) is 2.79. The summed E-state index contributed by atoms with van der Waals surface area (Å²) in [4.78, 5) is 9.96. The molecule has 1 aromatic carbocycles. The van der Waals surface area contributed by atoms with Gasteiger partial charge in [0.2, 0.25) is 10.0 Å². The predicted octanol–water partition coefficient (Wildman–Crippen LogP) is 1.14. The Morgan fingerprint density at radius 2 is 1.89 bits per heavy atom. The Labute approximate surface area is 100 Å². The Morgan fingerprint density at radius 3 is 2.28 bits per heavy atom. The van der Waals surface area contributed by atoms with Crippen molar-refractivity contribution in [1.82, 2.24) is 0 Å². The third-order valence-electron chi connectivity index (χ3n) is 2.01. The highest BCUT2D eigenvalue weighted by Gasteiger charge is 2.38. The Hall–Kier alpha value is -1.61. The molecule has 0 aliphatic heterocycles. The minimum atomic E-state index is -4.95. The summed E-state index contributed by atoms with van der Waals surface area (Å²) < 4.78 is 64.6. The minimum Gasteiger partial charge on any atom is -0.465 e. The van der Waals surface area contributed by atoms with Crippen molar-refractivity contribution in [2.24, 2.45) is 5.14 Å². The zero-order valence-electron chi connectivity index (χ0n) is 8.98. The summed E-state index contributed by atoms with van der Waals surface area (Å²) in [6.45, 7) is 0. The number of esters is 1. The Balaban J connectivity index is 3.73. The smallest absolute Gasteiger partial charge is 0.417 e. The van der Waals surface area contributed by atoms with Gasteiger partial charge in [0.25, 0.3) is 0 Å². The van der Waals surface area contributed by atoms with Gasteiger partial charge in [0.05, 0.1) is 18.2 Å². The first kappa shape index (κ1) is 14.5. The van der Waals surface area contributed by atoms with Crippen LogP contribution < -0.4 is 5.14 Å². The number of alkyl halides is 3. The number of carbonyl (C=O) groups is 1. The van der Waals surface area contributed by atoms with Gasteiger partial charge in [-0.25, -0.2) is 18.4 Å². The molecule has 1 rings (SSSR count). The molecule has 9 heteroatoms. The molecule has 100 valence electrons. The van der Waals surface area contributed by atoms with Crippen LogP contribution in [0.4, 0.5) is 13.2 Å². The lowest BCUT2D eigenvalue weighted by Crippen LogP contribution is -2.23. The van der Waals surface area contributed by atoms with E-state index in [9.17, 15) is 26.4 Å². The monoisotopic (exact) mass is 283 g/mol. The summed E-state index contributed by atoms with van der Waals surface area (Å²) in [5, 5.41) is 4.71. The molecule has 1 aromatic rings. The molecule has 0 bridgehead atoms. The molecule has 0 fully saturated rings. The summed E-state index contributed by atoms with van der Waals surface area (Å²) in [7, 11) is -3.81. The van der Waals surface area contributed by atoms with Gasteiger partial charge in [0.15, 0.2) is 0 Å². The standard InChI is InChI=1S/C9H8F3NO4S/c1-17-8(14)5-3-2-4-6(9(10,11)12)7(5)18(13,15)16/h2-4H,1H3,(H2,13,15,16). The molecule has 0 aliphatic rings. The highest BCUT2D eigenvalue weighted by atomic mass is 32.2. The van der Waals surface area contributed by atoms with Crippen molar-refractivity contribution in [2.45, 2.75) is 11.1 Å². The third-order valence-corrected chi connectivity index (χ3v) is 3.02. The van der Waals surface area contributed by atoms with Crippen molar-refractivity contribution in [1.29, 1.82) is 0 Å². The molecule has 0 aliphatic carbocycles. The summed E-state index contributed by atoms with van der Waals surface area (Å²) in [5.74, 6) is -1.22. The fourth-order valence-electron chi connectivity index (χ4n) is 1.34. The molecule has 0 spiro atoms. The summed E-state index contributed by atoms with van der Waals surface area (Å²) in [6.07, 6.45) is -4.95. The van der Waals surface area contributed by atoms with Crippen molar-refractivity contribution in [3.63, 3.8) is 0 Å². The molecule has 0 unspecified atom stereocenters. The first-order valence-electron chi connectivity index (χ1n) is 4.40. The van der Waals surface area contributed by atoms with Crippen molar-refractivity contribution in [2.75, 3.05) is 7.11 Å². The number of halogens is 3. The van der Waals surface area contributed by atoms with Gasteiger partial charge in [-0.15, -0.1) is 0 Å². The van der Waals surface area contributed by atoms with Crippen LogP contribution in [0, 0.1) is 0 Å². The SMILES string of the molecule is COC(=O)c1cccc(C(F)(F)F)c1S(N)(=O)=O. The van der Waals surface area contributed by atoms with Crippen molar-refractivity contribution in [3.8, 4) is 0 Å². The summed E-state index contributed by atoms with van der Waals surface area (Å²) >= 11 is 0. The second kappa shape index (κ2) is 4.58. The minimum absolute atomic E-state index is 0.520. The normalized spacial score (nSPS) is 12.3. The number of hydrogen-bond donors (Lipinski definition) is 1.